The minimum Gasteiger partial charge on any atom is -0.384 e. The minimum absolute atomic E-state index is 0.115. The van der Waals surface area contributed by atoms with Crippen molar-refractivity contribution in [3.8, 4) is 11.1 Å². The van der Waals surface area contributed by atoms with Crippen LogP contribution in [0.5, 0.6) is 0 Å². The van der Waals surface area contributed by atoms with Crippen molar-refractivity contribution in [3.63, 3.8) is 0 Å². The SMILES string of the molecule is CC(C)(C)c1ccc([C@H](O)c2ccc(-c3ccc(Cl)cc3)cc2)cc1. The molecule has 0 bridgehead atoms. The maximum absolute atomic E-state index is 10.7. The fraction of sp³-hybridized carbons (Fsp3) is 0.217. The minimum atomic E-state index is -0.617. The van der Waals surface area contributed by atoms with Gasteiger partial charge in [0.15, 0.2) is 0 Å². The molecule has 0 aliphatic rings. The molecule has 128 valence electrons. The Morgan fingerprint density at radius 1 is 0.680 bits per heavy atom. The van der Waals surface area contributed by atoms with E-state index in [9.17, 15) is 5.11 Å². The van der Waals surface area contributed by atoms with Gasteiger partial charge in [-0.25, -0.2) is 0 Å². The summed E-state index contributed by atoms with van der Waals surface area (Å²) in [4.78, 5) is 0. The van der Waals surface area contributed by atoms with Crippen molar-refractivity contribution in [2.45, 2.75) is 32.3 Å². The fourth-order valence-electron chi connectivity index (χ4n) is 2.86. The highest BCUT2D eigenvalue weighted by Gasteiger charge is 2.15. The summed E-state index contributed by atoms with van der Waals surface area (Å²) in [5, 5.41) is 11.4. The van der Waals surface area contributed by atoms with Gasteiger partial charge in [-0.2, -0.15) is 0 Å². The lowest BCUT2D eigenvalue weighted by atomic mass is 9.86. The third-order valence-corrected chi connectivity index (χ3v) is 4.75. The summed E-state index contributed by atoms with van der Waals surface area (Å²) in [6, 6.07) is 24.0. The smallest absolute Gasteiger partial charge is 0.104 e. The first-order valence-corrected chi connectivity index (χ1v) is 8.87. The molecule has 3 rings (SSSR count). The van der Waals surface area contributed by atoms with E-state index in [1.54, 1.807) is 0 Å². The maximum Gasteiger partial charge on any atom is 0.104 e. The van der Waals surface area contributed by atoms with Gasteiger partial charge in [-0.15, -0.1) is 0 Å². The molecule has 0 aliphatic carbocycles. The van der Waals surface area contributed by atoms with E-state index in [1.807, 2.05) is 60.7 Å². The van der Waals surface area contributed by atoms with Gasteiger partial charge < -0.3 is 5.11 Å². The summed E-state index contributed by atoms with van der Waals surface area (Å²) in [6.45, 7) is 6.57. The summed E-state index contributed by atoms with van der Waals surface area (Å²) in [5.74, 6) is 0. The summed E-state index contributed by atoms with van der Waals surface area (Å²) in [6.07, 6.45) is -0.617. The van der Waals surface area contributed by atoms with E-state index in [0.717, 1.165) is 27.3 Å². The Morgan fingerprint density at radius 2 is 1.08 bits per heavy atom. The highest BCUT2D eigenvalue weighted by atomic mass is 35.5. The van der Waals surface area contributed by atoms with Crippen molar-refractivity contribution in [2.75, 3.05) is 0 Å². The van der Waals surface area contributed by atoms with E-state index in [4.69, 9.17) is 11.6 Å². The lowest BCUT2D eigenvalue weighted by Crippen LogP contribution is -2.11. The van der Waals surface area contributed by atoms with Crippen molar-refractivity contribution in [1.29, 1.82) is 0 Å². The molecule has 0 spiro atoms. The van der Waals surface area contributed by atoms with E-state index >= 15 is 0 Å². The van der Waals surface area contributed by atoms with E-state index in [2.05, 4.69) is 32.9 Å². The zero-order valence-corrected chi connectivity index (χ0v) is 15.6. The topological polar surface area (TPSA) is 20.2 Å². The Kier molecular flexibility index (Phi) is 4.99. The van der Waals surface area contributed by atoms with Gasteiger partial charge in [0.25, 0.3) is 0 Å². The second kappa shape index (κ2) is 7.03. The Bertz CT molecular complexity index is 825. The van der Waals surface area contributed by atoms with Crippen LogP contribution >= 0.6 is 11.6 Å². The molecule has 0 aliphatic heterocycles. The van der Waals surface area contributed by atoms with Gasteiger partial charge in [-0.3, -0.25) is 0 Å². The molecular formula is C23H23ClO. The number of benzene rings is 3. The standard InChI is InChI=1S/C23H23ClO/c1-23(2,3)20-12-8-19(9-13-20)22(25)18-6-4-16(5-7-18)17-10-14-21(24)15-11-17/h4-15,22,25H,1-3H3/t22-/m1/s1. The molecule has 1 N–H and O–H groups in total. The zero-order valence-electron chi connectivity index (χ0n) is 14.8. The summed E-state index contributed by atoms with van der Waals surface area (Å²) >= 11 is 5.94. The Morgan fingerprint density at radius 3 is 1.52 bits per heavy atom. The van der Waals surface area contributed by atoms with Crippen LogP contribution in [0.15, 0.2) is 72.8 Å². The second-order valence-electron chi connectivity index (χ2n) is 7.40. The van der Waals surface area contributed by atoms with Gasteiger partial charge >= 0.3 is 0 Å². The van der Waals surface area contributed by atoms with Crippen molar-refractivity contribution < 1.29 is 5.11 Å². The van der Waals surface area contributed by atoms with Gasteiger partial charge in [-0.1, -0.05) is 93.0 Å². The van der Waals surface area contributed by atoms with E-state index < -0.39 is 6.10 Å². The summed E-state index contributed by atoms with van der Waals surface area (Å²) in [7, 11) is 0. The van der Waals surface area contributed by atoms with Gasteiger partial charge in [0.05, 0.1) is 0 Å². The number of hydrogen-bond acceptors (Lipinski definition) is 1. The quantitative estimate of drug-likeness (QED) is 0.580. The molecule has 0 saturated heterocycles. The summed E-state index contributed by atoms with van der Waals surface area (Å²) in [5.41, 5.74) is 5.40. The van der Waals surface area contributed by atoms with E-state index in [1.165, 1.54) is 5.56 Å². The number of aliphatic hydroxyl groups excluding tert-OH is 1. The largest absolute Gasteiger partial charge is 0.384 e. The normalized spacial score (nSPS) is 12.8. The second-order valence-corrected chi connectivity index (χ2v) is 7.84. The number of aliphatic hydroxyl groups is 1. The van der Waals surface area contributed by atoms with Gasteiger partial charge in [0.1, 0.15) is 6.10 Å². The third kappa shape index (κ3) is 4.12. The first-order valence-electron chi connectivity index (χ1n) is 8.49. The van der Waals surface area contributed by atoms with Gasteiger partial charge in [-0.05, 0) is 45.4 Å². The Balaban J connectivity index is 1.80. The van der Waals surface area contributed by atoms with Crippen molar-refractivity contribution in [3.05, 3.63) is 94.5 Å². The molecule has 2 heteroatoms. The van der Waals surface area contributed by atoms with Gasteiger partial charge in [0, 0.05) is 5.02 Å². The van der Waals surface area contributed by atoms with Crippen LogP contribution < -0.4 is 0 Å². The third-order valence-electron chi connectivity index (χ3n) is 4.50. The Hall–Kier alpha value is -2.09. The van der Waals surface area contributed by atoms with Crippen LogP contribution in [0, 0.1) is 0 Å². The van der Waals surface area contributed by atoms with Crippen LogP contribution in [-0.4, -0.2) is 5.11 Å². The van der Waals surface area contributed by atoms with Crippen molar-refractivity contribution >= 4 is 11.6 Å². The van der Waals surface area contributed by atoms with Crippen LogP contribution in [0.4, 0.5) is 0 Å². The molecular weight excluding hydrogens is 328 g/mol. The molecule has 0 radical (unpaired) electrons. The van der Waals surface area contributed by atoms with Gasteiger partial charge in [0.2, 0.25) is 0 Å². The molecule has 3 aromatic rings. The van der Waals surface area contributed by atoms with Crippen LogP contribution in [0.1, 0.15) is 43.6 Å². The molecule has 0 aromatic heterocycles. The summed E-state index contributed by atoms with van der Waals surface area (Å²) < 4.78 is 0. The van der Waals surface area contributed by atoms with Crippen LogP contribution in [-0.2, 0) is 5.41 Å². The average Bonchev–Trinajstić information content (AvgIpc) is 2.61. The Labute approximate surface area is 154 Å². The molecule has 0 unspecified atom stereocenters. The average molecular weight is 351 g/mol. The lowest BCUT2D eigenvalue weighted by Gasteiger charge is -2.20. The number of rotatable bonds is 3. The van der Waals surface area contributed by atoms with Crippen molar-refractivity contribution in [2.24, 2.45) is 0 Å². The van der Waals surface area contributed by atoms with E-state index in [-0.39, 0.29) is 5.41 Å². The predicted molar refractivity (Wildman–Crippen MR) is 106 cm³/mol. The van der Waals surface area contributed by atoms with Crippen LogP contribution in [0.2, 0.25) is 5.02 Å². The van der Waals surface area contributed by atoms with E-state index in [0.29, 0.717) is 0 Å². The number of halogens is 1. The molecule has 0 heterocycles. The predicted octanol–water partition coefficient (Wildman–Crippen LogP) is 6.39. The molecule has 3 aromatic carbocycles. The van der Waals surface area contributed by atoms with Crippen LogP contribution in [0.3, 0.4) is 0 Å². The highest BCUT2D eigenvalue weighted by Crippen LogP contribution is 2.28. The molecule has 1 atom stereocenters. The fourth-order valence-corrected chi connectivity index (χ4v) is 2.98. The maximum atomic E-state index is 10.7. The van der Waals surface area contributed by atoms with Crippen LogP contribution in [0.25, 0.3) is 11.1 Å². The molecule has 1 nitrogen and oxygen atoms in total. The first-order chi connectivity index (χ1) is 11.8. The molecule has 0 amide bonds. The number of hydrogen-bond donors (Lipinski definition) is 1. The monoisotopic (exact) mass is 350 g/mol. The van der Waals surface area contributed by atoms with Crippen molar-refractivity contribution in [1.82, 2.24) is 0 Å². The molecule has 25 heavy (non-hydrogen) atoms. The molecule has 0 fully saturated rings. The zero-order chi connectivity index (χ0) is 18.0. The lowest BCUT2D eigenvalue weighted by molar-refractivity contribution is 0.220. The molecule has 0 saturated carbocycles. The highest BCUT2D eigenvalue weighted by molar-refractivity contribution is 6.30. The first kappa shape index (κ1) is 17.7.